The molecule has 6 heteroatoms. The average Bonchev–Trinajstić information content (AvgIpc) is 2.01. The van der Waals surface area contributed by atoms with Crippen LogP contribution in [0, 0.1) is 0 Å². The maximum Gasteiger partial charge on any atom is 0.281 e. The molecule has 0 aromatic rings. The van der Waals surface area contributed by atoms with Crippen LogP contribution in [0.1, 0.15) is 6.92 Å². The molecule has 0 bridgehead atoms. The number of nitrogens with zero attached hydrogens (tertiary/aromatic N) is 2. The average molecular weight is 195 g/mol. The molecule has 5 nitrogen and oxygen atoms in total. The van der Waals surface area contributed by atoms with E-state index < -0.39 is 10.2 Å². The minimum atomic E-state index is -3.30. The summed E-state index contributed by atoms with van der Waals surface area (Å²) in [4.78, 5) is 0. The molecule has 1 atom stereocenters. The summed E-state index contributed by atoms with van der Waals surface area (Å²) in [5.41, 5.74) is 5.35. The van der Waals surface area contributed by atoms with Gasteiger partial charge in [0.25, 0.3) is 10.2 Å². The first-order valence-electron chi connectivity index (χ1n) is 3.69. The van der Waals surface area contributed by atoms with Gasteiger partial charge in [0.2, 0.25) is 0 Å². The molecule has 0 aromatic heterocycles. The van der Waals surface area contributed by atoms with Crippen LogP contribution in [-0.2, 0) is 10.2 Å². The minimum Gasteiger partial charge on any atom is -0.329 e. The molecule has 0 heterocycles. The van der Waals surface area contributed by atoms with Crippen molar-refractivity contribution in [3.8, 4) is 0 Å². The lowest BCUT2D eigenvalue weighted by molar-refractivity contribution is 0.362. The molecule has 2 N–H and O–H groups in total. The van der Waals surface area contributed by atoms with Gasteiger partial charge in [0.05, 0.1) is 0 Å². The zero-order valence-corrected chi connectivity index (χ0v) is 8.80. The van der Waals surface area contributed by atoms with E-state index in [4.69, 9.17) is 5.73 Å². The first kappa shape index (κ1) is 11.8. The lowest BCUT2D eigenvalue weighted by Gasteiger charge is -2.25. The van der Waals surface area contributed by atoms with Gasteiger partial charge in [0.15, 0.2) is 0 Å². The summed E-state index contributed by atoms with van der Waals surface area (Å²) < 4.78 is 25.3. The van der Waals surface area contributed by atoms with Crippen molar-refractivity contribution < 1.29 is 8.42 Å². The van der Waals surface area contributed by atoms with E-state index in [0.717, 1.165) is 0 Å². The molecule has 0 saturated carbocycles. The summed E-state index contributed by atoms with van der Waals surface area (Å²) in [6, 6.07) is -0.169. The monoisotopic (exact) mass is 195 g/mol. The van der Waals surface area contributed by atoms with Gasteiger partial charge in [-0.2, -0.15) is 17.0 Å². The fraction of sp³-hybridized carbons (Fsp3) is 1.00. The van der Waals surface area contributed by atoms with Crippen molar-refractivity contribution in [1.29, 1.82) is 0 Å². The topological polar surface area (TPSA) is 66.6 Å². The molecule has 0 amide bonds. The highest BCUT2D eigenvalue weighted by Crippen LogP contribution is 2.04. The van der Waals surface area contributed by atoms with E-state index in [1.165, 1.54) is 29.8 Å². The molecule has 74 valence electrons. The molecule has 0 radical (unpaired) electrons. The van der Waals surface area contributed by atoms with Crippen molar-refractivity contribution in [3.05, 3.63) is 0 Å². The Hall–Kier alpha value is -0.170. The number of nitrogens with two attached hydrogens (primary N) is 1. The molecule has 0 aliphatic rings. The molecular formula is C6H17N3O2S. The third-order valence-corrected chi connectivity index (χ3v) is 3.80. The summed E-state index contributed by atoms with van der Waals surface area (Å²) in [7, 11) is 1.21. The zero-order valence-electron chi connectivity index (χ0n) is 7.98. The number of rotatable bonds is 4. The number of hydrogen-bond acceptors (Lipinski definition) is 3. The van der Waals surface area contributed by atoms with E-state index in [2.05, 4.69) is 0 Å². The highest BCUT2D eigenvalue weighted by molar-refractivity contribution is 7.86. The Balaban J connectivity index is 4.58. The van der Waals surface area contributed by atoms with E-state index in [1.807, 2.05) is 0 Å². The summed E-state index contributed by atoms with van der Waals surface area (Å²) in [5.74, 6) is 0. The summed E-state index contributed by atoms with van der Waals surface area (Å²) in [6.07, 6.45) is 0. The van der Waals surface area contributed by atoms with Crippen molar-refractivity contribution in [2.45, 2.75) is 13.0 Å². The molecule has 0 saturated heterocycles. The standard InChI is InChI=1S/C6H17N3O2S/c1-6(5-7)9(4)12(10,11)8(2)3/h6H,5,7H2,1-4H3. The first-order valence-corrected chi connectivity index (χ1v) is 5.09. The number of likely N-dealkylation sites (N-methyl/N-ethyl adjacent to an activating group) is 1. The number of hydrogen-bond donors (Lipinski definition) is 1. The SMILES string of the molecule is CC(CN)N(C)S(=O)(=O)N(C)C. The molecular weight excluding hydrogens is 178 g/mol. The predicted molar refractivity (Wildman–Crippen MR) is 48.9 cm³/mol. The van der Waals surface area contributed by atoms with Crippen LogP contribution >= 0.6 is 0 Å². The van der Waals surface area contributed by atoms with Gasteiger partial charge >= 0.3 is 0 Å². The van der Waals surface area contributed by atoms with Gasteiger partial charge in [0, 0.05) is 33.7 Å². The second-order valence-corrected chi connectivity index (χ2v) is 5.09. The van der Waals surface area contributed by atoms with Crippen LogP contribution in [0.5, 0.6) is 0 Å². The Morgan fingerprint density at radius 2 is 1.75 bits per heavy atom. The third-order valence-electron chi connectivity index (χ3n) is 1.79. The lowest BCUT2D eigenvalue weighted by Crippen LogP contribution is -2.45. The van der Waals surface area contributed by atoms with Crippen molar-refractivity contribution in [2.24, 2.45) is 5.73 Å². The van der Waals surface area contributed by atoms with E-state index in [-0.39, 0.29) is 6.04 Å². The van der Waals surface area contributed by atoms with Crippen LogP contribution in [0.3, 0.4) is 0 Å². The largest absolute Gasteiger partial charge is 0.329 e. The summed E-state index contributed by atoms with van der Waals surface area (Å²) in [5, 5.41) is 0. The molecule has 0 spiro atoms. The highest BCUT2D eigenvalue weighted by Gasteiger charge is 2.23. The maximum atomic E-state index is 11.4. The van der Waals surface area contributed by atoms with Crippen LogP contribution in [0.2, 0.25) is 0 Å². The van der Waals surface area contributed by atoms with E-state index in [9.17, 15) is 8.42 Å². The van der Waals surface area contributed by atoms with Crippen molar-refractivity contribution in [3.63, 3.8) is 0 Å². The zero-order chi connectivity index (χ0) is 9.94. The van der Waals surface area contributed by atoms with Gasteiger partial charge < -0.3 is 5.73 Å². The van der Waals surface area contributed by atoms with Crippen molar-refractivity contribution >= 4 is 10.2 Å². The maximum absolute atomic E-state index is 11.4. The smallest absolute Gasteiger partial charge is 0.281 e. The van der Waals surface area contributed by atoms with Gasteiger partial charge in [-0.05, 0) is 6.92 Å². The Labute approximate surface area is 74.3 Å². The van der Waals surface area contributed by atoms with Gasteiger partial charge in [0.1, 0.15) is 0 Å². The molecule has 0 aliphatic heterocycles. The molecule has 0 fully saturated rings. The Morgan fingerprint density at radius 1 is 1.33 bits per heavy atom. The van der Waals surface area contributed by atoms with Crippen LogP contribution in [0.15, 0.2) is 0 Å². The van der Waals surface area contributed by atoms with Crippen molar-refractivity contribution in [2.75, 3.05) is 27.7 Å². The van der Waals surface area contributed by atoms with Crippen LogP contribution in [0.25, 0.3) is 0 Å². The summed E-state index contributed by atoms with van der Waals surface area (Å²) in [6.45, 7) is 2.09. The first-order chi connectivity index (χ1) is 5.34. The second kappa shape index (κ2) is 4.18. The lowest BCUT2D eigenvalue weighted by atomic mass is 10.4. The fourth-order valence-corrected chi connectivity index (χ4v) is 1.69. The minimum absolute atomic E-state index is 0.169. The van der Waals surface area contributed by atoms with Gasteiger partial charge in [-0.3, -0.25) is 0 Å². The normalized spacial score (nSPS) is 15.6. The summed E-state index contributed by atoms with van der Waals surface area (Å²) >= 11 is 0. The van der Waals surface area contributed by atoms with Gasteiger partial charge in [-0.15, -0.1) is 0 Å². The van der Waals surface area contributed by atoms with Gasteiger partial charge in [-0.25, -0.2) is 0 Å². The van der Waals surface area contributed by atoms with E-state index in [0.29, 0.717) is 6.54 Å². The van der Waals surface area contributed by atoms with Crippen LogP contribution < -0.4 is 5.73 Å². The Morgan fingerprint density at radius 3 is 2.00 bits per heavy atom. The van der Waals surface area contributed by atoms with Crippen molar-refractivity contribution in [1.82, 2.24) is 8.61 Å². The fourth-order valence-electron chi connectivity index (χ4n) is 0.633. The molecule has 0 aromatic carbocycles. The van der Waals surface area contributed by atoms with Gasteiger partial charge in [-0.1, -0.05) is 0 Å². The molecule has 1 unspecified atom stereocenters. The molecule has 0 aliphatic carbocycles. The van der Waals surface area contributed by atoms with E-state index >= 15 is 0 Å². The Kier molecular flexibility index (Phi) is 4.12. The Bertz CT molecular complexity index is 225. The quantitative estimate of drug-likeness (QED) is 0.630. The highest BCUT2D eigenvalue weighted by atomic mass is 32.2. The van der Waals surface area contributed by atoms with Crippen LogP contribution in [0.4, 0.5) is 0 Å². The molecule has 0 rings (SSSR count). The second-order valence-electron chi connectivity index (χ2n) is 2.89. The predicted octanol–water partition coefficient (Wildman–Crippen LogP) is -0.928. The van der Waals surface area contributed by atoms with E-state index in [1.54, 1.807) is 6.92 Å². The third kappa shape index (κ3) is 2.41. The van der Waals surface area contributed by atoms with Crippen LogP contribution in [-0.4, -0.2) is 50.8 Å². The molecule has 12 heavy (non-hydrogen) atoms.